The van der Waals surface area contributed by atoms with Crippen LogP contribution in [-0.4, -0.2) is 14.3 Å². The van der Waals surface area contributed by atoms with E-state index in [4.69, 9.17) is 4.18 Å². The van der Waals surface area contributed by atoms with Gasteiger partial charge in [0.15, 0.2) is 0 Å². The van der Waals surface area contributed by atoms with Gasteiger partial charge in [0.05, 0.1) is 0 Å². The van der Waals surface area contributed by atoms with Gasteiger partial charge in [-0.15, -0.1) is 0 Å². The van der Waals surface area contributed by atoms with Crippen molar-refractivity contribution in [3.05, 3.63) is 102 Å². The first-order valence-corrected chi connectivity index (χ1v) is 10.4. The minimum Gasteiger partial charge on any atom is -0.379 e. The lowest BCUT2D eigenvalue weighted by Gasteiger charge is -2.09. The molecule has 0 atom stereocenters. The zero-order valence-corrected chi connectivity index (χ0v) is 16.4. The highest BCUT2D eigenvalue weighted by molar-refractivity contribution is 7.87. The summed E-state index contributed by atoms with van der Waals surface area (Å²) in [7, 11) is -4.08. The number of anilines is 1. The van der Waals surface area contributed by atoms with E-state index in [1.54, 1.807) is 12.1 Å². The van der Waals surface area contributed by atoms with Crippen molar-refractivity contribution >= 4 is 32.5 Å². The predicted molar refractivity (Wildman–Crippen MR) is 113 cm³/mol. The summed E-state index contributed by atoms with van der Waals surface area (Å²) in [5.41, 5.74) is 0.993. The van der Waals surface area contributed by atoms with Crippen LogP contribution in [0.15, 0.2) is 95.9 Å². The Labute approximate surface area is 172 Å². The van der Waals surface area contributed by atoms with Crippen LogP contribution in [0.1, 0.15) is 10.4 Å². The molecule has 0 aromatic heterocycles. The van der Waals surface area contributed by atoms with Crippen molar-refractivity contribution in [3.8, 4) is 5.75 Å². The molecule has 5 nitrogen and oxygen atoms in total. The maximum Gasteiger partial charge on any atom is 0.339 e. The number of amides is 1. The number of nitrogens with one attached hydrogen (secondary N) is 1. The summed E-state index contributed by atoms with van der Waals surface area (Å²) in [5.74, 6) is -0.753. The fraction of sp³-hybridized carbons (Fsp3) is 0. The molecule has 0 unspecified atom stereocenters. The van der Waals surface area contributed by atoms with Gasteiger partial charge in [-0.25, -0.2) is 4.39 Å². The minimum atomic E-state index is -4.08. The number of fused-ring (bicyclic) bond motifs is 1. The van der Waals surface area contributed by atoms with Crippen molar-refractivity contribution in [2.24, 2.45) is 0 Å². The van der Waals surface area contributed by atoms with Gasteiger partial charge in [-0.3, -0.25) is 4.79 Å². The van der Waals surface area contributed by atoms with E-state index in [0.717, 1.165) is 35.0 Å². The second-order valence-corrected chi connectivity index (χ2v) is 8.08. The molecule has 0 heterocycles. The zero-order chi connectivity index (χ0) is 21.1. The molecular formula is C23H16FNO4S. The summed E-state index contributed by atoms with van der Waals surface area (Å²) in [5, 5.41) is 4.76. The Morgan fingerprint density at radius 3 is 2.17 bits per heavy atom. The molecule has 0 fully saturated rings. The summed E-state index contributed by atoms with van der Waals surface area (Å²) in [6, 6.07) is 23.4. The summed E-state index contributed by atoms with van der Waals surface area (Å²) in [4.78, 5) is 12.4. The van der Waals surface area contributed by atoms with Gasteiger partial charge in [-0.1, -0.05) is 30.3 Å². The lowest BCUT2D eigenvalue weighted by molar-refractivity contribution is 0.102. The van der Waals surface area contributed by atoms with Crippen LogP contribution in [0, 0.1) is 5.82 Å². The number of carbonyl (C=O) groups excluding carboxylic acids is 1. The molecule has 7 heteroatoms. The largest absolute Gasteiger partial charge is 0.379 e. The van der Waals surface area contributed by atoms with Crippen molar-refractivity contribution in [1.82, 2.24) is 0 Å². The highest BCUT2D eigenvalue weighted by Gasteiger charge is 2.16. The number of hydrogen-bond donors (Lipinski definition) is 1. The highest BCUT2D eigenvalue weighted by Crippen LogP contribution is 2.22. The molecule has 0 radical (unpaired) electrons. The van der Waals surface area contributed by atoms with Crippen LogP contribution in [0.3, 0.4) is 0 Å². The van der Waals surface area contributed by atoms with Crippen molar-refractivity contribution in [2.75, 3.05) is 5.32 Å². The maximum atomic E-state index is 13.0. The molecule has 30 heavy (non-hydrogen) atoms. The number of benzene rings is 4. The summed E-state index contributed by atoms with van der Waals surface area (Å²) in [6.07, 6.45) is 0. The third-order valence-electron chi connectivity index (χ3n) is 4.43. The Morgan fingerprint density at radius 1 is 0.800 bits per heavy atom. The standard InChI is InChI=1S/C23H16FNO4S/c24-19-7-13-22(14-8-19)30(27,28)29-21-11-9-20(10-12-21)25-23(26)18-6-5-16-3-1-2-4-17(16)15-18/h1-15H,(H,25,26). The average molecular weight is 421 g/mol. The van der Waals surface area contributed by atoms with E-state index in [1.807, 2.05) is 30.3 Å². The number of rotatable bonds is 5. The van der Waals surface area contributed by atoms with Gasteiger partial charge in [-0.2, -0.15) is 8.42 Å². The summed E-state index contributed by atoms with van der Waals surface area (Å²) >= 11 is 0. The van der Waals surface area contributed by atoms with Gasteiger partial charge < -0.3 is 9.50 Å². The van der Waals surface area contributed by atoms with Gasteiger partial charge in [-0.05, 0) is 71.4 Å². The van der Waals surface area contributed by atoms with Gasteiger partial charge >= 0.3 is 10.1 Å². The van der Waals surface area contributed by atoms with Crippen LogP contribution in [0.5, 0.6) is 5.75 Å². The van der Waals surface area contributed by atoms with Crippen LogP contribution in [0.25, 0.3) is 10.8 Å². The van der Waals surface area contributed by atoms with Crippen molar-refractivity contribution in [2.45, 2.75) is 4.90 Å². The molecule has 0 aliphatic carbocycles. The first kappa shape index (κ1) is 19.6. The van der Waals surface area contributed by atoms with Crippen molar-refractivity contribution in [3.63, 3.8) is 0 Å². The van der Waals surface area contributed by atoms with Gasteiger partial charge in [0, 0.05) is 11.3 Å². The van der Waals surface area contributed by atoms with E-state index < -0.39 is 15.9 Å². The Bertz CT molecular complexity index is 1320. The third kappa shape index (κ3) is 4.31. The molecule has 0 saturated heterocycles. The van der Waals surface area contributed by atoms with Crippen LogP contribution in [0.2, 0.25) is 0 Å². The number of hydrogen-bond acceptors (Lipinski definition) is 4. The number of halogens is 1. The second-order valence-electron chi connectivity index (χ2n) is 6.53. The fourth-order valence-corrected chi connectivity index (χ4v) is 3.83. The molecule has 1 amide bonds. The van der Waals surface area contributed by atoms with E-state index in [-0.39, 0.29) is 16.6 Å². The summed E-state index contributed by atoms with van der Waals surface area (Å²) in [6.45, 7) is 0. The second kappa shape index (κ2) is 7.96. The molecule has 0 bridgehead atoms. The molecule has 0 aliphatic heterocycles. The minimum absolute atomic E-state index is 0.0722. The average Bonchev–Trinajstić information content (AvgIpc) is 2.75. The van der Waals surface area contributed by atoms with Crippen LogP contribution >= 0.6 is 0 Å². The van der Waals surface area contributed by atoms with E-state index in [2.05, 4.69) is 5.32 Å². The lowest BCUT2D eigenvalue weighted by atomic mass is 10.1. The van der Waals surface area contributed by atoms with E-state index in [1.165, 1.54) is 24.3 Å². The molecule has 4 aromatic rings. The highest BCUT2D eigenvalue weighted by atomic mass is 32.2. The predicted octanol–water partition coefficient (Wildman–Crippen LogP) is 5.00. The summed E-state index contributed by atoms with van der Waals surface area (Å²) < 4.78 is 42.5. The normalized spacial score (nSPS) is 11.2. The first-order valence-electron chi connectivity index (χ1n) is 9.01. The van der Waals surface area contributed by atoms with E-state index in [0.29, 0.717) is 11.3 Å². The van der Waals surface area contributed by atoms with Crippen molar-refractivity contribution < 1.29 is 21.8 Å². The molecule has 150 valence electrons. The zero-order valence-electron chi connectivity index (χ0n) is 15.6. The molecule has 0 saturated carbocycles. The quantitative estimate of drug-likeness (QED) is 0.461. The fourth-order valence-electron chi connectivity index (χ4n) is 2.90. The topological polar surface area (TPSA) is 72.5 Å². The molecular weight excluding hydrogens is 405 g/mol. The number of carbonyl (C=O) groups is 1. The Kier molecular flexibility index (Phi) is 5.20. The molecule has 4 rings (SSSR count). The Hall–Kier alpha value is -3.71. The van der Waals surface area contributed by atoms with Crippen molar-refractivity contribution in [1.29, 1.82) is 0 Å². The monoisotopic (exact) mass is 421 g/mol. The van der Waals surface area contributed by atoms with Gasteiger partial charge in [0.1, 0.15) is 16.5 Å². The molecule has 4 aromatic carbocycles. The van der Waals surface area contributed by atoms with Crippen LogP contribution in [0.4, 0.5) is 10.1 Å². The van der Waals surface area contributed by atoms with Crippen LogP contribution < -0.4 is 9.50 Å². The van der Waals surface area contributed by atoms with E-state index >= 15 is 0 Å². The lowest BCUT2D eigenvalue weighted by Crippen LogP contribution is -2.12. The SMILES string of the molecule is O=C(Nc1ccc(OS(=O)(=O)c2ccc(F)cc2)cc1)c1ccc2ccccc2c1. The Morgan fingerprint density at radius 2 is 1.47 bits per heavy atom. The van der Waals surface area contributed by atoms with Gasteiger partial charge in [0.25, 0.3) is 5.91 Å². The van der Waals surface area contributed by atoms with E-state index in [9.17, 15) is 17.6 Å². The Balaban J connectivity index is 1.46. The molecule has 0 aliphatic rings. The van der Waals surface area contributed by atoms with Crippen LogP contribution in [-0.2, 0) is 10.1 Å². The molecule has 0 spiro atoms. The smallest absolute Gasteiger partial charge is 0.339 e. The van der Waals surface area contributed by atoms with Gasteiger partial charge in [0.2, 0.25) is 0 Å². The molecule has 1 N–H and O–H groups in total. The maximum absolute atomic E-state index is 13.0. The first-order chi connectivity index (χ1) is 14.4. The third-order valence-corrected chi connectivity index (χ3v) is 5.69.